The Labute approximate surface area is 89.4 Å². The Hall–Kier alpha value is -1.78. The molecular weight excluding hydrogens is 219 g/mol. The van der Waals surface area contributed by atoms with E-state index in [0.717, 1.165) is 12.1 Å². The second kappa shape index (κ2) is 3.66. The molecule has 0 radical (unpaired) electrons. The van der Waals surface area contributed by atoms with Crippen molar-refractivity contribution in [3.8, 4) is 0 Å². The van der Waals surface area contributed by atoms with E-state index in [1.165, 1.54) is 6.07 Å². The lowest BCUT2D eigenvalue weighted by molar-refractivity contribution is -0.137. The second-order valence-electron chi connectivity index (χ2n) is 3.23. The van der Waals surface area contributed by atoms with Crippen LogP contribution in [0.5, 0.6) is 0 Å². The summed E-state index contributed by atoms with van der Waals surface area (Å²) in [5.74, 6) is 0.303. The topological polar surface area (TPSA) is 26.0 Å². The first kappa shape index (κ1) is 10.7. The van der Waals surface area contributed by atoms with E-state index in [1.54, 1.807) is 19.1 Å². The number of halogens is 3. The standard InChI is InChI=1S/C11H8F3NO/c1-2-3-10-15-8-6-7(11(12,13)14)4-5-9(8)16-10/h2-6H,1H3/b3-2+. The van der Waals surface area contributed by atoms with E-state index in [4.69, 9.17) is 4.42 Å². The van der Waals surface area contributed by atoms with Gasteiger partial charge in [-0.25, -0.2) is 4.98 Å². The summed E-state index contributed by atoms with van der Waals surface area (Å²) in [5, 5.41) is 0. The molecule has 0 aliphatic carbocycles. The summed E-state index contributed by atoms with van der Waals surface area (Å²) in [4.78, 5) is 3.92. The number of alkyl halides is 3. The molecule has 0 atom stereocenters. The lowest BCUT2D eigenvalue weighted by Crippen LogP contribution is -2.03. The van der Waals surface area contributed by atoms with E-state index in [9.17, 15) is 13.2 Å². The largest absolute Gasteiger partial charge is 0.437 e. The molecule has 2 nitrogen and oxygen atoms in total. The highest BCUT2D eigenvalue weighted by Crippen LogP contribution is 2.31. The van der Waals surface area contributed by atoms with Gasteiger partial charge in [-0.05, 0) is 31.2 Å². The first-order chi connectivity index (χ1) is 7.50. The third-order valence-electron chi connectivity index (χ3n) is 2.04. The predicted octanol–water partition coefficient (Wildman–Crippen LogP) is 3.88. The average molecular weight is 227 g/mol. The first-order valence-electron chi connectivity index (χ1n) is 4.61. The van der Waals surface area contributed by atoms with Crippen LogP contribution >= 0.6 is 0 Å². The Kier molecular flexibility index (Phi) is 2.46. The van der Waals surface area contributed by atoms with Crippen LogP contribution in [-0.2, 0) is 6.18 Å². The molecule has 16 heavy (non-hydrogen) atoms. The molecule has 1 aromatic carbocycles. The lowest BCUT2D eigenvalue weighted by Gasteiger charge is -2.04. The van der Waals surface area contributed by atoms with E-state index in [2.05, 4.69) is 4.98 Å². The summed E-state index contributed by atoms with van der Waals surface area (Å²) in [6.45, 7) is 1.77. The minimum atomic E-state index is -4.35. The van der Waals surface area contributed by atoms with Gasteiger partial charge in [0.2, 0.25) is 5.89 Å². The molecule has 5 heteroatoms. The van der Waals surface area contributed by atoms with Gasteiger partial charge in [0.25, 0.3) is 0 Å². The number of hydrogen-bond acceptors (Lipinski definition) is 2. The number of allylic oxidation sites excluding steroid dienone is 1. The SMILES string of the molecule is C/C=C/c1nc2cc(C(F)(F)F)ccc2o1. The van der Waals surface area contributed by atoms with Crippen LogP contribution in [-0.4, -0.2) is 4.98 Å². The normalized spacial score (nSPS) is 12.8. The molecule has 0 N–H and O–H groups in total. The molecule has 0 unspecified atom stereocenters. The quantitative estimate of drug-likeness (QED) is 0.738. The molecule has 1 heterocycles. The number of nitrogens with zero attached hydrogens (tertiary/aromatic N) is 1. The number of benzene rings is 1. The fourth-order valence-electron chi connectivity index (χ4n) is 1.34. The molecular formula is C11H8F3NO. The lowest BCUT2D eigenvalue weighted by atomic mass is 10.2. The molecule has 84 valence electrons. The van der Waals surface area contributed by atoms with Crippen LogP contribution in [0, 0.1) is 0 Å². The van der Waals surface area contributed by atoms with Crippen LogP contribution in [0.4, 0.5) is 13.2 Å². The molecule has 0 amide bonds. The molecule has 0 saturated carbocycles. The summed E-state index contributed by atoms with van der Waals surface area (Å²) in [7, 11) is 0. The van der Waals surface area contributed by atoms with Crippen LogP contribution in [0.25, 0.3) is 17.2 Å². The Balaban J connectivity index is 2.54. The summed E-state index contributed by atoms with van der Waals surface area (Å²) >= 11 is 0. The highest BCUT2D eigenvalue weighted by molar-refractivity contribution is 5.74. The fraction of sp³-hybridized carbons (Fsp3) is 0.182. The van der Waals surface area contributed by atoms with E-state index in [0.29, 0.717) is 11.5 Å². The van der Waals surface area contributed by atoms with E-state index >= 15 is 0 Å². The molecule has 0 aliphatic rings. The van der Waals surface area contributed by atoms with Gasteiger partial charge < -0.3 is 4.42 Å². The second-order valence-corrected chi connectivity index (χ2v) is 3.23. The van der Waals surface area contributed by atoms with Crippen LogP contribution in [0.15, 0.2) is 28.7 Å². The van der Waals surface area contributed by atoms with Gasteiger partial charge in [-0.2, -0.15) is 13.2 Å². The van der Waals surface area contributed by atoms with E-state index < -0.39 is 11.7 Å². The van der Waals surface area contributed by atoms with E-state index in [-0.39, 0.29) is 5.52 Å². The number of aromatic nitrogens is 1. The summed E-state index contributed by atoms with van der Waals surface area (Å²) in [6, 6.07) is 3.23. The van der Waals surface area contributed by atoms with Crippen LogP contribution in [0.1, 0.15) is 18.4 Å². The summed E-state index contributed by atoms with van der Waals surface area (Å²) in [5.41, 5.74) is -0.163. The minimum Gasteiger partial charge on any atom is -0.437 e. The van der Waals surface area contributed by atoms with Gasteiger partial charge in [0.1, 0.15) is 5.52 Å². The zero-order valence-electron chi connectivity index (χ0n) is 8.38. The van der Waals surface area contributed by atoms with Gasteiger partial charge in [-0.1, -0.05) is 6.08 Å². The van der Waals surface area contributed by atoms with Crippen LogP contribution < -0.4 is 0 Å². The van der Waals surface area contributed by atoms with Crippen LogP contribution in [0.2, 0.25) is 0 Å². The van der Waals surface area contributed by atoms with Gasteiger partial charge in [-0.15, -0.1) is 0 Å². The van der Waals surface area contributed by atoms with E-state index in [1.807, 2.05) is 0 Å². The Morgan fingerprint density at radius 2 is 2.06 bits per heavy atom. The predicted molar refractivity (Wildman–Crippen MR) is 53.7 cm³/mol. The van der Waals surface area contributed by atoms with Crippen molar-refractivity contribution >= 4 is 17.2 Å². The van der Waals surface area contributed by atoms with Crippen molar-refractivity contribution in [2.45, 2.75) is 13.1 Å². The van der Waals surface area contributed by atoms with Gasteiger partial charge in [0.15, 0.2) is 5.58 Å². The Morgan fingerprint density at radius 1 is 1.31 bits per heavy atom. The Morgan fingerprint density at radius 3 is 2.69 bits per heavy atom. The zero-order chi connectivity index (χ0) is 11.8. The maximum atomic E-state index is 12.4. The fourth-order valence-corrected chi connectivity index (χ4v) is 1.34. The summed E-state index contributed by atoms with van der Waals surface area (Å²) in [6.07, 6.45) is -1.06. The smallest absolute Gasteiger partial charge is 0.416 e. The molecule has 2 rings (SSSR count). The van der Waals surface area contributed by atoms with Crippen LogP contribution in [0.3, 0.4) is 0 Å². The molecule has 1 aromatic heterocycles. The van der Waals surface area contributed by atoms with Gasteiger partial charge in [-0.3, -0.25) is 0 Å². The van der Waals surface area contributed by atoms with Crippen molar-refractivity contribution in [2.75, 3.05) is 0 Å². The highest BCUT2D eigenvalue weighted by atomic mass is 19.4. The third-order valence-corrected chi connectivity index (χ3v) is 2.04. The molecule has 0 saturated heterocycles. The number of rotatable bonds is 1. The molecule has 0 bridgehead atoms. The van der Waals surface area contributed by atoms with Crippen molar-refractivity contribution in [1.29, 1.82) is 0 Å². The zero-order valence-corrected chi connectivity index (χ0v) is 8.38. The van der Waals surface area contributed by atoms with Crippen molar-refractivity contribution in [3.05, 3.63) is 35.7 Å². The number of oxazole rings is 1. The summed E-state index contributed by atoms with van der Waals surface area (Å²) < 4.78 is 42.4. The maximum absolute atomic E-state index is 12.4. The number of fused-ring (bicyclic) bond motifs is 1. The van der Waals surface area contributed by atoms with Crippen molar-refractivity contribution in [2.24, 2.45) is 0 Å². The number of hydrogen-bond donors (Lipinski definition) is 0. The monoisotopic (exact) mass is 227 g/mol. The molecule has 0 aliphatic heterocycles. The molecule has 0 spiro atoms. The van der Waals surface area contributed by atoms with Crippen molar-refractivity contribution < 1.29 is 17.6 Å². The first-order valence-corrected chi connectivity index (χ1v) is 4.61. The van der Waals surface area contributed by atoms with Gasteiger partial charge >= 0.3 is 6.18 Å². The maximum Gasteiger partial charge on any atom is 0.416 e. The Bertz CT molecular complexity index is 540. The molecule has 2 aromatic rings. The third kappa shape index (κ3) is 1.93. The minimum absolute atomic E-state index is 0.211. The highest BCUT2D eigenvalue weighted by Gasteiger charge is 2.30. The van der Waals surface area contributed by atoms with Gasteiger partial charge in [0, 0.05) is 0 Å². The van der Waals surface area contributed by atoms with Crippen molar-refractivity contribution in [1.82, 2.24) is 4.98 Å². The van der Waals surface area contributed by atoms with Gasteiger partial charge in [0.05, 0.1) is 5.56 Å². The van der Waals surface area contributed by atoms with Crippen molar-refractivity contribution in [3.63, 3.8) is 0 Å². The average Bonchev–Trinajstić information content (AvgIpc) is 2.57. The molecule has 0 fully saturated rings.